The zero-order chi connectivity index (χ0) is 14.8. The SMILES string of the molecule is CCCN(C(C)C)S(=O)(=O)c1cc(N)c(Br)cc1C. The molecule has 0 bridgehead atoms. The van der Waals surface area contributed by atoms with Crippen molar-refractivity contribution in [2.45, 2.75) is 45.1 Å². The lowest BCUT2D eigenvalue weighted by Gasteiger charge is -2.26. The third-order valence-corrected chi connectivity index (χ3v) is 5.80. The minimum absolute atomic E-state index is 0.0748. The minimum Gasteiger partial charge on any atom is -0.398 e. The highest BCUT2D eigenvalue weighted by Crippen LogP contribution is 2.29. The second kappa shape index (κ2) is 6.24. The lowest BCUT2D eigenvalue weighted by molar-refractivity contribution is 0.354. The van der Waals surface area contributed by atoms with Gasteiger partial charge in [-0.25, -0.2) is 8.42 Å². The number of halogens is 1. The van der Waals surface area contributed by atoms with Crippen molar-refractivity contribution in [1.82, 2.24) is 4.31 Å². The highest BCUT2D eigenvalue weighted by Gasteiger charge is 2.28. The van der Waals surface area contributed by atoms with Crippen LogP contribution in [0.4, 0.5) is 5.69 Å². The van der Waals surface area contributed by atoms with Crippen molar-refractivity contribution in [1.29, 1.82) is 0 Å². The van der Waals surface area contributed by atoms with Crippen LogP contribution in [0.5, 0.6) is 0 Å². The molecular formula is C13H21BrN2O2S. The summed E-state index contributed by atoms with van der Waals surface area (Å²) in [5.74, 6) is 0. The molecule has 0 fully saturated rings. The van der Waals surface area contributed by atoms with Gasteiger partial charge < -0.3 is 5.73 Å². The Morgan fingerprint density at radius 1 is 1.37 bits per heavy atom. The molecule has 1 rings (SSSR count). The van der Waals surface area contributed by atoms with E-state index in [4.69, 9.17) is 5.73 Å². The van der Waals surface area contributed by atoms with Crippen molar-refractivity contribution in [3.8, 4) is 0 Å². The first-order chi connectivity index (χ1) is 8.71. The quantitative estimate of drug-likeness (QED) is 0.831. The van der Waals surface area contributed by atoms with Crippen LogP contribution in [0.3, 0.4) is 0 Å². The van der Waals surface area contributed by atoms with Crippen molar-refractivity contribution in [2.75, 3.05) is 12.3 Å². The molecule has 0 aliphatic rings. The van der Waals surface area contributed by atoms with Crippen LogP contribution < -0.4 is 5.73 Å². The maximum atomic E-state index is 12.7. The molecule has 1 aromatic rings. The van der Waals surface area contributed by atoms with E-state index in [-0.39, 0.29) is 10.9 Å². The number of anilines is 1. The molecule has 0 unspecified atom stereocenters. The van der Waals surface area contributed by atoms with Gasteiger partial charge in [0.2, 0.25) is 10.0 Å². The maximum absolute atomic E-state index is 12.7. The average molecular weight is 349 g/mol. The molecule has 0 atom stereocenters. The molecule has 0 saturated carbocycles. The van der Waals surface area contributed by atoms with Gasteiger partial charge in [0.15, 0.2) is 0 Å². The molecule has 108 valence electrons. The van der Waals surface area contributed by atoms with E-state index in [0.717, 1.165) is 10.9 Å². The Morgan fingerprint density at radius 3 is 2.42 bits per heavy atom. The number of nitrogens with two attached hydrogens (primary N) is 1. The predicted octanol–water partition coefficient (Wildman–Crippen LogP) is 3.15. The molecule has 0 radical (unpaired) electrons. The number of hydrogen-bond donors (Lipinski definition) is 1. The van der Waals surface area contributed by atoms with Crippen LogP contribution in [0.25, 0.3) is 0 Å². The van der Waals surface area contributed by atoms with E-state index in [1.54, 1.807) is 13.0 Å². The summed E-state index contributed by atoms with van der Waals surface area (Å²) in [5.41, 5.74) is 6.94. The number of nitrogens with zero attached hydrogens (tertiary/aromatic N) is 1. The fourth-order valence-electron chi connectivity index (χ4n) is 1.95. The van der Waals surface area contributed by atoms with E-state index in [9.17, 15) is 8.42 Å². The highest BCUT2D eigenvalue weighted by molar-refractivity contribution is 9.10. The molecule has 0 saturated heterocycles. The summed E-state index contributed by atoms with van der Waals surface area (Å²) < 4.78 is 27.6. The monoisotopic (exact) mass is 348 g/mol. The Balaban J connectivity index is 3.37. The Labute approximate surface area is 124 Å². The van der Waals surface area contributed by atoms with Gasteiger partial charge in [-0.1, -0.05) is 6.92 Å². The fraction of sp³-hybridized carbons (Fsp3) is 0.538. The molecule has 4 nitrogen and oxygen atoms in total. The summed E-state index contributed by atoms with van der Waals surface area (Å²) in [6.07, 6.45) is 0.780. The van der Waals surface area contributed by atoms with Crippen molar-refractivity contribution in [3.63, 3.8) is 0 Å². The summed E-state index contributed by atoms with van der Waals surface area (Å²) in [5, 5.41) is 0. The lowest BCUT2D eigenvalue weighted by Crippen LogP contribution is -2.37. The summed E-state index contributed by atoms with van der Waals surface area (Å²) in [6, 6.07) is 3.20. The zero-order valence-electron chi connectivity index (χ0n) is 11.8. The Morgan fingerprint density at radius 2 is 1.95 bits per heavy atom. The highest BCUT2D eigenvalue weighted by atomic mass is 79.9. The molecule has 19 heavy (non-hydrogen) atoms. The number of aryl methyl sites for hydroxylation is 1. The molecule has 0 aromatic heterocycles. The van der Waals surface area contributed by atoms with Gasteiger partial charge in [0.1, 0.15) is 0 Å². The molecule has 2 N–H and O–H groups in total. The molecule has 0 aliphatic carbocycles. The number of sulfonamides is 1. The van der Waals surface area contributed by atoms with Gasteiger partial charge in [0, 0.05) is 22.7 Å². The molecule has 0 aliphatic heterocycles. The summed E-state index contributed by atoms with van der Waals surface area (Å²) in [7, 11) is -3.50. The van der Waals surface area contributed by atoms with Gasteiger partial charge in [0.25, 0.3) is 0 Å². The van der Waals surface area contributed by atoms with Crippen LogP contribution >= 0.6 is 15.9 Å². The first kappa shape index (κ1) is 16.5. The van der Waals surface area contributed by atoms with Crippen LogP contribution in [0.2, 0.25) is 0 Å². The van der Waals surface area contributed by atoms with Gasteiger partial charge in [-0.05, 0) is 60.8 Å². The fourth-order valence-corrected chi connectivity index (χ4v) is 4.38. The second-order valence-corrected chi connectivity index (χ2v) is 7.56. The third-order valence-electron chi connectivity index (χ3n) is 2.90. The first-order valence-electron chi connectivity index (χ1n) is 6.29. The summed E-state index contributed by atoms with van der Waals surface area (Å²) in [4.78, 5) is 0.287. The molecule has 1 aromatic carbocycles. The number of nitrogen functional groups attached to an aromatic ring is 1. The number of rotatable bonds is 5. The Hall–Kier alpha value is -0.590. The number of hydrogen-bond acceptors (Lipinski definition) is 3. The molecule has 0 amide bonds. The largest absolute Gasteiger partial charge is 0.398 e. The zero-order valence-corrected chi connectivity index (χ0v) is 14.2. The molecule has 0 heterocycles. The normalized spacial score (nSPS) is 12.4. The summed E-state index contributed by atoms with van der Waals surface area (Å²) in [6.45, 7) is 8.01. The molecule has 6 heteroatoms. The van der Waals surface area contributed by atoms with Crippen molar-refractivity contribution >= 4 is 31.6 Å². The van der Waals surface area contributed by atoms with E-state index >= 15 is 0 Å². The smallest absolute Gasteiger partial charge is 0.243 e. The van der Waals surface area contributed by atoms with E-state index < -0.39 is 10.0 Å². The summed E-state index contributed by atoms with van der Waals surface area (Å²) >= 11 is 3.31. The third kappa shape index (κ3) is 3.49. The van der Waals surface area contributed by atoms with Crippen LogP contribution in [0.1, 0.15) is 32.8 Å². The standard InChI is InChI=1S/C13H21BrN2O2S/c1-5-6-16(9(2)3)19(17,18)13-8-12(15)11(14)7-10(13)4/h7-9H,5-6,15H2,1-4H3. The topological polar surface area (TPSA) is 63.4 Å². The van der Waals surface area contributed by atoms with Crippen molar-refractivity contribution in [2.24, 2.45) is 0 Å². The van der Waals surface area contributed by atoms with Gasteiger partial charge in [-0.3, -0.25) is 0 Å². The van der Waals surface area contributed by atoms with Gasteiger partial charge in [0.05, 0.1) is 4.90 Å². The van der Waals surface area contributed by atoms with Gasteiger partial charge >= 0.3 is 0 Å². The number of benzene rings is 1. The van der Waals surface area contributed by atoms with Crippen molar-refractivity contribution in [3.05, 3.63) is 22.2 Å². The van der Waals surface area contributed by atoms with E-state index in [1.165, 1.54) is 10.4 Å². The minimum atomic E-state index is -3.50. The maximum Gasteiger partial charge on any atom is 0.243 e. The van der Waals surface area contributed by atoms with E-state index in [1.807, 2.05) is 20.8 Å². The predicted molar refractivity (Wildman–Crippen MR) is 82.6 cm³/mol. The Bertz CT molecular complexity index is 556. The lowest BCUT2D eigenvalue weighted by atomic mass is 10.2. The average Bonchev–Trinajstić information content (AvgIpc) is 2.29. The Kier molecular flexibility index (Phi) is 5.41. The van der Waals surface area contributed by atoms with E-state index in [0.29, 0.717) is 17.8 Å². The van der Waals surface area contributed by atoms with Crippen LogP contribution in [0, 0.1) is 6.92 Å². The van der Waals surface area contributed by atoms with Crippen molar-refractivity contribution < 1.29 is 8.42 Å². The van der Waals surface area contributed by atoms with Crippen LogP contribution in [-0.4, -0.2) is 25.3 Å². The van der Waals surface area contributed by atoms with Gasteiger partial charge in [-0.15, -0.1) is 0 Å². The van der Waals surface area contributed by atoms with Crippen LogP contribution in [-0.2, 0) is 10.0 Å². The molecule has 0 spiro atoms. The first-order valence-corrected chi connectivity index (χ1v) is 8.52. The molecular weight excluding hydrogens is 328 g/mol. The second-order valence-electron chi connectivity index (χ2n) is 4.85. The van der Waals surface area contributed by atoms with E-state index in [2.05, 4.69) is 15.9 Å². The van der Waals surface area contributed by atoms with Crippen LogP contribution in [0.15, 0.2) is 21.5 Å². The van der Waals surface area contributed by atoms with Gasteiger partial charge in [-0.2, -0.15) is 4.31 Å².